The number of nitrogens with zero attached hydrogens (tertiary/aromatic N) is 2. The van der Waals surface area contributed by atoms with Gasteiger partial charge in [-0.1, -0.05) is 18.2 Å². The summed E-state index contributed by atoms with van der Waals surface area (Å²) in [5.74, 6) is -0.817. The summed E-state index contributed by atoms with van der Waals surface area (Å²) in [5.41, 5.74) is -0.0321. The van der Waals surface area contributed by atoms with Crippen molar-refractivity contribution >= 4 is 16.9 Å². The minimum absolute atomic E-state index is 0.142. The Morgan fingerprint density at radius 1 is 1.32 bits per heavy atom. The first-order valence-corrected chi connectivity index (χ1v) is 6.39. The van der Waals surface area contributed by atoms with Gasteiger partial charge in [0.1, 0.15) is 12.2 Å². The molecule has 0 aliphatic rings. The zero-order valence-electron chi connectivity index (χ0n) is 11.3. The minimum atomic E-state index is -2.80. The van der Waals surface area contributed by atoms with Gasteiger partial charge >= 0.3 is 5.97 Å². The highest BCUT2D eigenvalue weighted by Crippen LogP contribution is 2.27. The van der Waals surface area contributed by atoms with Gasteiger partial charge in [0, 0.05) is 11.8 Å². The van der Waals surface area contributed by atoms with E-state index in [1.807, 2.05) is 0 Å². The fourth-order valence-corrected chi connectivity index (χ4v) is 1.96. The summed E-state index contributed by atoms with van der Waals surface area (Å²) in [5, 5.41) is 4.19. The third kappa shape index (κ3) is 3.84. The highest BCUT2D eigenvalue weighted by Gasteiger charge is 2.21. The van der Waals surface area contributed by atoms with Crippen molar-refractivity contribution < 1.29 is 27.1 Å². The summed E-state index contributed by atoms with van der Waals surface area (Å²) >= 11 is 0. The molecule has 2 rings (SSSR count). The zero-order valence-corrected chi connectivity index (χ0v) is 11.3. The average molecular weight is 316 g/mol. The minimum Gasteiger partial charge on any atom is -0.464 e. The van der Waals surface area contributed by atoms with Crippen molar-refractivity contribution in [2.45, 2.75) is 19.4 Å². The van der Waals surface area contributed by atoms with Crippen LogP contribution in [-0.4, -0.2) is 22.4 Å². The van der Waals surface area contributed by atoms with Gasteiger partial charge < -0.3 is 4.74 Å². The van der Waals surface area contributed by atoms with E-state index in [4.69, 9.17) is 4.74 Å². The zero-order chi connectivity index (χ0) is 16.1. The third-order valence-electron chi connectivity index (χ3n) is 2.85. The molecule has 22 heavy (non-hydrogen) atoms. The molecule has 8 heteroatoms. The number of hydrogen-bond donors (Lipinski definition) is 0. The van der Waals surface area contributed by atoms with Crippen LogP contribution >= 0.6 is 0 Å². The number of hydrogen-bond acceptors (Lipinski definition) is 3. The van der Waals surface area contributed by atoms with E-state index in [0.717, 1.165) is 4.68 Å². The molecule has 0 saturated heterocycles. The van der Waals surface area contributed by atoms with Crippen LogP contribution in [-0.2, 0) is 16.1 Å². The van der Waals surface area contributed by atoms with Gasteiger partial charge in [0.15, 0.2) is 0 Å². The first-order chi connectivity index (χ1) is 10.5. The molecule has 0 amide bonds. The molecule has 0 unspecified atom stereocenters. The molecular weight excluding hydrogens is 304 g/mol. The number of halogens is 4. The molecule has 1 aromatic carbocycles. The Morgan fingerprint density at radius 3 is 2.73 bits per heavy atom. The fraction of sp³-hybridized carbons (Fsp3) is 0.286. The van der Waals surface area contributed by atoms with Crippen LogP contribution in [0, 0.1) is 0 Å². The molecule has 0 bridgehead atoms. The van der Waals surface area contributed by atoms with E-state index in [1.54, 1.807) is 18.2 Å². The second kappa shape index (κ2) is 7.06. The van der Waals surface area contributed by atoms with Crippen LogP contribution in [0.1, 0.15) is 18.5 Å². The number of esters is 1. The number of ether oxygens (including phenoxy) is 1. The summed E-state index contributed by atoms with van der Waals surface area (Å²) in [4.78, 5) is 11.6. The Morgan fingerprint density at radius 2 is 2.05 bits per heavy atom. The smallest absolute Gasteiger partial charge is 0.327 e. The summed E-state index contributed by atoms with van der Waals surface area (Å²) in [6.45, 7) is -0.753. The molecule has 4 nitrogen and oxygen atoms in total. The van der Waals surface area contributed by atoms with E-state index in [2.05, 4.69) is 5.10 Å². The summed E-state index contributed by atoms with van der Waals surface area (Å²) < 4.78 is 55.4. The standard InChI is InChI=1S/C14H12F4N2O2/c15-11(16)6-3-7-22-12(21)8-20-13(14(17)18)9-4-1-2-5-10(9)19-20/h1-2,4-6,14H,3,7-8H2. The second-order valence-electron chi connectivity index (χ2n) is 4.36. The Hall–Kier alpha value is -2.38. The molecule has 1 heterocycles. The first kappa shape index (κ1) is 16.0. The predicted octanol–water partition coefficient (Wildman–Crippen LogP) is 3.69. The summed E-state index contributed by atoms with van der Waals surface area (Å²) in [6.07, 6.45) is -4.20. The van der Waals surface area contributed by atoms with Crippen molar-refractivity contribution in [3.8, 4) is 0 Å². The summed E-state index contributed by atoms with van der Waals surface area (Å²) in [7, 11) is 0. The van der Waals surface area contributed by atoms with Gasteiger partial charge in [0.25, 0.3) is 12.5 Å². The SMILES string of the molecule is O=C(Cn1nc2ccccc2c1C(F)F)OCCC=C(F)F. The monoisotopic (exact) mass is 316 g/mol. The van der Waals surface area contributed by atoms with E-state index < -0.39 is 25.0 Å². The van der Waals surface area contributed by atoms with Gasteiger partial charge in [0.05, 0.1) is 12.1 Å². The number of fused-ring (bicyclic) bond motifs is 1. The van der Waals surface area contributed by atoms with Crippen LogP contribution in [0.4, 0.5) is 17.6 Å². The highest BCUT2D eigenvalue weighted by atomic mass is 19.3. The topological polar surface area (TPSA) is 44.1 Å². The predicted molar refractivity (Wildman–Crippen MR) is 70.6 cm³/mol. The number of carbonyl (C=O) groups excluding carboxylic acids is 1. The molecule has 0 aliphatic heterocycles. The van der Waals surface area contributed by atoms with Crippen LogP contribution in [0.15, 0.2) is 36.4 Å². The quantitative estimate of drug-likeness (QED) is 0.464. The lowest BCUT2D eigenvalue weighted by Gasteiger charge is -2.07. The third-order valence-corrected chi connectivity index (χ3v) is 2.85. The fourth-order valence-electron chi connectivity index (χ4n) is 1.96. The molecule has 0 fully saturated rings. The average Bonchev–Trinajstić information content (AvgIpc) is 2.81. The molecule has 0 saturated carbocycles. The van der Waals surface area contributed by atoms with Gasteiger partial charge in [0.2, 0.25) is 0 Å². The molecule has 0 N–H and O–H groups in total. The van der Waals surface area contributed by atoms with Crippen molar-refractivity contribution in [3.63, 3.8) is 0 Å². The second-order valence-corrected chi connectivity index (χ2v) is 4.36. The number of carbonyl (C=O) groups is 1. The summed E-state index contributed by atoms with van der Waals surface area (Å²) in [6, 6.07) is 6.28. The molecule has 0 atom stereocenters. The molecule has 1 aromatic heterocycles. The van der Waals surface area contributed by atoms with Crippen LogP contribution in [0.2, 0.25) is 0 Å². The molecule has 0 aliphatic carbocycles. The van der Waals surface area contributed by atoms with Gasteiger partial charge in [-0.2, -0.15) is 13.9 Å². The Bertz CT molecular complexity index is 693. The molecule has 2 aromatic rings. The van der Waals surface area contributed by atoms with Gasteiger partial charge in [-0.3, -0.25) is 9.48 Å². The van der Waals surface area contributed by atoms with Gasteiger partial charge in [-0.05, 0) is 12.1 Å². The lowest BCUT2D eigenvalue weighted by molar-refractivity contribution is -0.144. The largest absolute Gasteiger partial charge is 0.464 e. The number of benzene rings is 1. The van der Waals surface area contributed by atoms with E-state index in [0.29, 0.717) is 11.6 Å². The molecular formula is C14H12F4N2O2. The Kier molecular flexibility index (Phi) is 5.13. The lowest BCUT2D eigenvalue weighted by atomic mass is 10.2. The van der Waals surface area contributed by atoms with Gasteiger partial charge in [-0.25, -0.2) is 8.78 Å². The van der Waals surface area contributed by atoms with Crippen molar-refractivity contribution in [2.24, 2.45) is 0 Å². The van der Waals surface area contributed by atoms with Crippen molar-refractivity contribution in [1.82, 2.24) is 9.78 Å². The van der Waals surface area contributed by atoms with E-state index in [-0.39, 0.29) is 24.1 Å². The molecule has 118 valence electrons. The number of alkyl halides is 2. The van der Waals surface area contributed by atoms with E-state index in [1.165, 1.54) is 6.07 Å². The normalized spacial score (nSPS) is 11.0. The maximum atomic E-state index is 13.1. The number of aromatic nitrogens is 2. The molecule has 0 radical (unpaired) electrons. The lowest BCUT2D eigenvalue weighted by Crippen LogP contribution is -2.17. The van der Waals surface area contributed by atoms with Crippen LogP contribution in [0.3, 0.4) is 0 Å². The Balaban J connectivity index is 2.09. The van der Waals surface area contributed by atoms with E-state index in [9.17, 15) is 22.4 Å². The first-order valence-electron chi connectivity index (χ1n) is 6.39. The highest BCUT2D eigenvalue weighted by molar-refractivity contribution is 5.82. The van der Waals surface area contributed by atoms with Crippen LogP contribution in [0.5, 0.6) is 0 Å². The van der Waals surface area contributed by atoms with Gasteiger partial charge in [-0.15, -0.1) is 0 Å². The van der Waals surface area contributed by atoms with Crippen LogP contribution < -0.4 is 0 Å². The van der Waals surface area contributed by atoms with Crippen molar-refractivity contribution in [3.05, 3.63) is 42.1 Å². The van der Waals surface area contributed by atoms with Crippen molar-refractivity contribution in [2.75, 3.05) is 6.61 Å². The van der Waals surface area contributed by atoms with Crippen molar-refractivity contribution in [1.29, 1.82) is 0 Å². The maximum Gasteiger partial charge on any atom is 0.327 e. The number of rotatable bonds is 6. The van der Waals surface area contributed by atoms with Crippen LogP contribution in [0.25, 0.3) is 10.9 Å². The molecule has 0 spiro atoms. The maximum absolute atomic E-state index is 13.1. The van der Waals surface area contributed by atoms with E-state index >= 15 is 0 Å². The Labute approximate surface area is 123 Å².